The molecule has 0 spiro atoms. The minimum atomic E-state index is -0.151. The summed E-state index contributed by atoms with van der Waals surface area (Å²) in [7, 11) is 0. The van der Waals surface area contributed by atoms with Crippen LogP contribution in [-0.2, 0) is 4.79 Å². The van der Waals surface area contributed by atoms with Crippen LogP contribution < -0.4 is 11.1 Å². The highest BCUT2D eigenvalue weighted by Gasteiger charge is 2.24. The molecule has 0 radical (unpaired) electrons. The third-order valence-electron chi connectivity index (χ3n) is 3.21. The second-order valence-electron chi connectivity index (χ2n) is 4.49. The summed E-state index contributed by atoms with van der Waals surface area (Å²) in [5, 5.41) is 11.2. The van der Waals surface area contributed by atoms with Crippen molar-refractivity contribution in [3.8, 4) is 0 Å². The first-order valence-electron chi connectivity index (χ1n) is 6.22. The van der Waals surface area contributed by atoms with Crippen LogP contribution in [0.3, 0.4) is 0 Å². The lowest BCUT2D eigenvalue weighted by Gasteiger charge is -2.18. The normalized spacial score (nSPS) is 16.0. The molecule has 104 valence electrons. The number of fused-ring (bicyclic) bond motifs is 1. The van der Waals surface area contributed by atoms with E-state index >= 15 is 0 Å². The number of amides is 2. The standard InChI is InChI=1S/C12H13N5O2S/c13-9-7-1-3-15-16-11(7)20-10(9)12(19)17-5-2-8(18)14-4-6-17/h1,3H,2,4-6,13H2,(H,14,18). The summed E-state index contributed by atoms with van der Waals surface area (Å²) < 4.78 is 0. The van der Waals surface area contributed by atoms with Crippen molar-refractivity contribution in [1.29, 1.82) is 0 Å². The van der Waals surface area contributed by atoms with Crippen molar-refractivity contribution in [2.75, 3.05) is 25.4 Å². The van der Waals surface area contributed by atoms with Gasteiger partial charge in [0.15, 0.2) is 0 Å². The van der Waals surface area contributed by atoms with Gasteiger partial charge in [-0.15, -0.1) is 16.4 Å². The lowest BCUT2D eigenvalue weighted by molar-refractivity contribution is -0.120. The fraction of sp³-hybridized carbons (Fsp3) is 0.333. The zero-order valence-electron chi connectivity index (χ0n) is 10.6. The second kappa shape index (κ2) is 5.04. The van der Waals surface area contributed by atoms with Gasteiger partial charge in [0.05, 0.1) is 11.9 Å². The Kier molecular flexibility index (Phi) is 3.23. The summed E-state index contributed by atoms with van der Waals surface area (Å²) in [6, 6.07) is 1.75. The highest BCUT2D eigenvalue weighted by Crippen LogP contribution is 2.32. The Hall–Kier alpha value is -2.22. The first kappa shape index (κ1) is 12.8. The van der Waals surface area contributed by atoms with Gasteiger partial charge in [0.25, 0.3) is 5.91 Å². The Balaban J connectivity index is 1.92. The highest BCUT2D eigenvalue weighted by molar-refractivity contribution is 7.21. The van der Waals surface area contributed by atoms with Gasteiger partial charge < -0.3 is 16.0 Å². The zero-order valence-corrected chi connectivity index (χ0v) is 11.4. The van der Waals surface area contributed by atoms with Crippen LogP contribution >= 0.6 is 11.3 Å². The van der Waals surface area contributed by atoms with E-state index in [-0.39, 0.29) is 11.8 Å². The summed E-state index contributed by atoms with van der Waals surface area (Å²) in [6.45, 7) is 1.36. The number of nitrogens with one attached hydrogen (secondary N) is 1. The van der Waals surface area contributed by atoms with E-state index in [1.807, 2.05) is 0 Å². The Morgan fingerprint density at radius 2 is 2.30 bits per heavy atom. The Bertz CT molecular complexity index is 684. The molecule has 0 unspecified atom stereocenters. The van der Waals surface area contributed by atoms with E-state index in [1.54, 1.807) is 17.2 Å². The van der Waals surface area contributed by atoms with E-state index in [9.17, 15) is 9.59 Å². The molecule has 0 bridgehead atoms. The fourth-order valence-corrected chi connectivity index (χ4v) is 3.15. The molecule has 1 aliphatic rings. The molecule has 7 nitrogen and oxygen atoms in total. The SMILES string of the molecule is Nc1c(C(=O)N2CCNC(=O)CC2)sc2nnccc12. The van der Waals surface area contributed by atoms with Gasteiger partial charge in [-0.3, -0.25) is 9.59 Å². The number of hydrogen-bond acceptors (Lipinski definition) is 6. The number of nitrogen functional groups attached to an aromatic ring is 1. The van der Waals surface area contributed by atoms with Gasteiger partial charge in [-0.25, -0.2) is 0 Å². The first-order chi connectivity index (χ1) is 9.66. The summed E-state index contributed by atoms with van der Waals surface area (Å²) in [6.07, 6.45) is 1.87. The molecule has 3 heterocycles. The van der Waals surface area contributed by atoms with Crippen molar-refractivity contribution in [3.05, 3.63) is 17.1 Å². The number of aromatic nitrogens is 2. The maximum Gasteiger partial charge on any atom is 0.266 e. The fourth-order valence-electron chi connectivity index (χ4n) is 2.15. The number of hydrogen-bond donors (Lipinski definition) is 2. The molecule has 2 aromatic rings. The van der Waals surface area contributed by atoms with Crippen LogP contribution in [0.5, 0.6) is 0 Å². The van der Waals surface area contributed by atoms with Crippen LogP contribution in [0.2, 0.25) is 0 Å². The number of carbonyl (C=O) groups is 2. The molecule has 8 heteroatoms. The highest BCUT2D eigenvalue weighted by atomic mass is 32.1. The zero-order chi connectivity index (χ0) is 14.1. The molecular weight excluding hydrogens is 278 g/mol. The molecule has 0 aromatic carbocycles. The van der Waals surface area contributed by atoms with Crippen molar-refractivity contribution in [3.63, 3.8) is 0 Å². The van der Waals surface area contributed by atoms with Crippen molar-refractivity contribution >= 4 is 39.1 Å². The average Bonchev–Trinajstić information content (AvgIpc) is 2.64. The number of nitrogens with zero attached hydrogens (tertiary/aromatic N) is 3. The van der Waals surface area contributed by atoms with Crippen LogP contribution in [0.4, 0.5) is 5.69 Å². The van der Waals surface area contributed by atoms with Gasteiger partial charge >= 0.3 is 0 Å². The molecule has 1 fully saturated rings. The largest absolute Gasteiger partial charge is 0.397 e. The maximum absolute atomic E-state index is 12.5. The van der Waals surface area contributed by atoms with Crippen LogP contribution in [0, 0.1) is 0 Å². The Labute approximate surface area is 118 Å². The predicted molar refractivity (Wildman–Crippen MR) is 75.4 cm³/mol. The van der Waals surface area contributed by atoms with Crippen LogP contribution in [0.15, 0.2) is 12.3 Å². The van der Waals surface area contributed by atoms with E-state index < -0.39 is 0 Å². The molecule has 2 aromatic heterocycles. The third-order valence-corrected chi connectivity index (χ3v) is 4.31. The summed E-state index contributed by atoms with van der Waals surface area (Å²) in [4.78, 5) is 26.6. The van der Waals surface area contributed by atoms with E-state index in [0.717, 1.165) is 5.39 Å². The van der Waals surface area contributed by atoms with Crippen molar-refractivity contribution < 1.29 is 9.59 Å². The molecule has 2 amide bonds. The molecule has 1 saturated heterocycles. The average molecular weight is 291 g/mol. The number of rotatable bonds is 1. The smallest absolute Gasteiger partial charge is 0.266 e. The molecule has 3 rings (SSSR count). The lowest BCUT2D eigenvalue weighted by atomic mass is 10.2. The van der Waals surface area contributed by atoms with Gasteiger partial charge in [-0.2, -0.15) is 5.10 Å². The minimum absolute atomic E-state index is 0.0320. The van der Waals surface area contributed by atoms with Gasteiger partial charge in [-0.1, -0.05) is 0 Å². The quantitative estimate of drug-likeness (QED) is 0.783. The van der Waals surface area contributed by atoms with Gasteiger partial charge in [0.1, 0.15) is 9.71 Å². The number of anilines is 1. The summed E-state index contributed by atoms with van der Waals surface area (Å²) in [5.41, 5.74) is 6.46. The Morgan fingerprint density at radius 3 is 3.10 bits per heavy atom. The minimum Gasteiger partial charge on any atom is -0.397 e. The second-order valence-corrected chi connectivity index (χ2v) is 5.49. The third kappa shape index (κ3) is 2.18. The van der Waals surface area contributed by atoms with Gasteiger partial charge in [0, 0.05) is 31.4 Å². The van der Waals surface area contributed by atoms with E-state index in [1.165, 1.54) is 11.3 Å². The first-order valence-corrected chi connectivity index (χ1v) is 7.04. The van der Waals surface area contributed by atoms with Gasteiger partial charge in [-0.05, 0) is 6.07 Å². The van der Waals surface area contributed by atoms with Crippen LogP contribution in [-0.4, -0.2) is 46.5 Å². The molecule has 0 saturated carbocycles. The van der Waals surface area contributed by atoms with E-state index in [2.05, 4.69) is 15.5 Å². The van der Waals surface area contributed by atoms with E-state index in [4.69, 9.17) is 5.73 Å². The Morgan fingerprint density at radius 1 is 1.45 bits per heavy atom. The number of nitrogens with two attached hydrogens (primary N) is 1. The maximum atomic E-state index is 12.5. The number of carbonyl (C=O) groups excluding carboxylic acids is 2. The molecular formula is C12H13N5O2S. The molecule has 3 N–H and O–H groups in total. The lowest BCUT2D eigenvalue weighted by Crippen LogP contribution is -2.34. The molecule has 20 heavy (non-hydrogen) atoms. The topological polar surface area (TPSA) is 101 Å². The predicted octanol–water partition coefficient (Wildman–Crippen LogP) is 0.236. The monoisotopic (exact) mass is 291 g/mol. The molecule has 0 atom stereocenters. The van der Waals surface area contributed by atoms with Crippen molar-refractivity contribution in [2.45, 2.75) is 6.42 Å². The van der Waals surface area contributed by atoms with E-state index in [0.29, 0.717) is 41.5 Å². The van der Waals surface area contributed by atoms with Crippen LogP contribution in [0.1, 0.15) is 16.1 Å². The van der Waals surface area contributed by atoms with Crippen LogP contribution in [0.25, 0.3) is 10.2 Å². The molecule has 0 aliphatic carbocycles. The van der Waals surface area contributed by atoms with Crippen molar-refractivity contribution in [1.82, 2.24) is 20.4 Å². The summed E-state index contributed by atoms with van der Waals surface area (Å²) >= 11 is 1.24. The molecule has 1 aliphatic heterocycles. The summed E-state index contributed by atoms with van der Waals surface area (Å²) in [5.74, 6) is -0.183. The van der Waals surface area contributed by atoms with Gasteiger partial charge in [0.2, 0.25) is 5.91 Å². The van der Waals surface area contributed by atoms with Crippen molar-refractivity contribution in [2.24, 2.45) is 0 Å². The number of thiophene rings is 1.